The van der Waals surface area contributed by atoms with E-state index in [4.69, 9.17) is 4.74 Å². The minimum absolute atomic E-state index is 0.122. The first-order valence-corrected chi connectivity index (χ1v) is 7.98. The lowest BCUT2D eigenvalue weighted by Crippen LogP contribution is -2.07. The van der Waals surface area contributed by atoms with Gasteiger partial charge >= 0.3 is 0 Å². The van der Waals surface area contributed by atoms with Crippen molar-refractivity contribution >= 4 is 0 Å². The summed E-state index contributed by atoms with van der Waals surface area (Å²) in [5, 5.41) is 10.4. The summed E-state index contributed by atoms with van der Waals surface area (Å²) in [6.07, 6.45) is 0. The van der Waals surface area contributed by atoms with Crippen molar-refractivity contribution in [2.24, 2.45) is 0 Å². The van der Waals surface area contributed by atoms with E-state index >= 15 is 0 Å². The summed E-state index contributed by atoms with van der Waals surface area (Å²) in [5.41, 5.74) is 4.21. The standard InChI is InChI=1S/C19H21N3O2/c1-5-24-17-9-7-6-8-15(17)16-10-11-18(23)22(16)19-14(4)20-12(2)13(3)21-19/h6-11,23H,5H2,1-4H3. The van der Waals surface area contributed by atoms with Gasteiger partial charge in [-0.25, -0.2) is 4.98 Å². The van der Waals surface area contributed by atoms with E-state index in [0.29, 0.717) is 12.4 Å². The molecule has 3 aromatic rings. The van der Waals surface area contributed by atoms with Gasteiger partial charge in [0.05, 0.1) is 29.4 Å². The lowest BCUT2D eigenvalue weighted by molar-refractivity contribution is 0.341. The summed E-state index contributed by atoms with van der Waals surface area (Å²) >= 11 is 0. The number of nitrogens with zero attached hydrogens (tertiary/aromatic N) is 3. The van der Waals surface area contributed by atoms with Crippen LogP contribution in [0, 0.1) is 20.8 Å². The molecular formula is C19H21N3O2. The number of para-hydroxylation sites is 1. The molecule has 0 amide bonds. The maximum absolute atomic E-state index is 10.4. The number of ether oxygens (including phenoxy) is 1. The predicted molar refractivity (Wildman–Crippen MR) is 93.8 cm³/mol. The highest BCUT2D eigenvalue weighted by Crippen LogP contribution is 2.35. The highest BCUT2D eigenvalue weighted by molar-refractivity contribution is 5.71. The summed E-state index contributed by atoms with van der Waals surface area (Å²) < 4.78 is 7.45. The fourth-order valence-corrected chi connectivity index (χ4v) is 2.73. The fourth-order valence-electron chi connectivity index (χ4n) is 2.73. The second-order valence-corrected chi connectivity index (χ2v) is 5.64. The van der Waals surface area contributed by atoms with Gasteiger partial charge in [0.25, 0.3) is 0 Å². The summed E-state index contributed by atoms with van der Waals surface area (Å²) in [5.74, 6) is 1.52. The van der Waals surface area contributed by atoms with Gasteiger partial charge in [0.15, 0.2) is 11.7 Å². The van der Waals surface area contributed by atoms with E-state index in [9.17, 15) is 5.11 Å². The number of hydrogen-bond donors (Lipinski definition) is 1. The van der Waals surface area contributed by atoms with E-state index in [2.05, 4.69) is 9.97 Å². The number of aromatic nitrogens is 3. The van der Waals surface area contributed by atoms with Gasteiger partial charge in [0, 0.05) is 11.6 Å². The van der Waals surface area contributed by atoms with Crippen molar-refractivity contribution < 1.29 is 9.84 Å². The number of hydrogen-bond acceptors (Lipinski definition) is 4. The van der Waals surface area contributed by atoms with Crippen molar-refractivity contribution in [1.29, 1.82) is 0 Å². The minimum atomic E-state index is 0.122. The molecule has 2 aromatic heterocycles. The third kappa shape index (κ3) is 2.73. The Bertz CT molecular complexity index is 884. The molecule has 0 aliphatic rings. The lowest BCUT2D eigenvalue weighted by Gasteiger charge is -2.15. The second-order valence-electron chi connectivity index (χ2n) is 5.64. The SMILES string of the molecule is CCOc1ccccc1-c1ccc(O)n1-c1nc(C)c(C)nc1C. The Morgan fingerprint density at radius 2 is 1.67 bits per heavy atom. The zero-order valence-electron chi connectivity index (χ0n) is 14.4. The molecule has 3 rings (SSSR count). The van der Waals surface area contributed by atoms with Crippen LogP contribution in [-0.2, 0) is 0 Å². The molecule has 0 atom stereocenters. The van der Waals surface area contributed by atoms with Gasteiger partial charge in [-0.1, -0.05) is 12.1 Å². The molecule has 1 aromatic carbocycles. The number of rotatable bonds is 4. The van der Waals surface area contributed by atoms with Crippen molar-refractivity contribution in [1.82, 2.24) is 14.5 Å². The molecular weight excluding hydrogens is 302 g/mol. The highest BCUT2D eigenvalue weighted by Gasteiger charge is 2.18. The van der Waals surface area contributed by atoms with E-state index in [-0.39, 0.29) is 5.88 Å². The van der Waals surface area contributed by atoms with Gasteiger partial charge < -0.3 is 9.84 Å². The number of aromatic hydroxyl groups is 1. The van der Waals surface area contributed by atoms with Crippen molar-refractivity contribution in [2.45, 2.75) is 27.7 Å². The van der Waals surface area contributed by atoms with Gasteiger partial charge in [-0.3, -0.25) is 9.55 Å². The van der Waals surface area contributed by atoms with Crippen LogP contribution in [0.2, 0.25) is 0 Å². The Kier molecular flexibility index (Phi) is 4.25. The molecule has 2 heterocycles. The topological polar surface area (TPSA) is 60.2 Å². The van der Waals surface area contributed by atoms with E-state index in [1.54, 1.807) is 10.6 Å². The van der Waals surface area contributed by atoms with Crippen LogP contribution in [0.25, 0.3) is 17.1 Å². The summed E-state index contributed by atoms with van der Waals surface area (Å²) in [4.78, 5) is 9.18. The Labute approximate surface area is 141 Å². The molecule has 0 saturated carbocycles. The first-order chi connectivity index (χ1) is 11.5. The average Bonchev–Trinajstić information content (AvgIpc) is 2.93. The van der Waals surface area contributed by atoms with E-state index in [1.807, 2.05) is 58.0 Å². The van der Waals surface area contributed by atoms with E-state index in [0.717, 1.165) is 34.1 Å². The zero-order chi connectivity index (χ0) is 17.3. The quantitative estimate of drug-likeness (QED) is 0.789. The fraction of sp³-hybridized carbons (Fsp3) is 0.263. The highest BCUT2D eigenvalue weighted by atomic mass is 16.5. The molecule has 0 aliphatic carbocycles. The van der Waals surface area contributed by atoms with Crippen molar-refractivity contribution in [3.05, 3.63) is 53.5 Å². The van der Waals surface area contributed by atoms with Crippen LogP contribution in [0.4, 0.5) is 0 Å². The van der Waals surface area contributed by atoms with Gasteiger partial charge in [-0.05, 0) is 45.9 Å². The summed E-state index contributed by atoms with van der Waals surface area (Å²) in [6, 6.07) is 11.3. The third-order valence-electron chi connectivity index (χ3n) is 3.99. The smallest absolute Gasteiger partial charge is 0.197 e. The Morgan fingerprint density at radius 3 is 2.42 bits per heavy atom. The largest absolute Gasteiger partial charge is 0.494 e. The van der Waals surface area contributed by atoms with Crippen LogP contribution in [-0.4, -0.2) is 26.2 Å². The number of benzene rings is 1. The normalized spacial score (nSPS) is 10.8. The Balaban J connectivity index is 2.23. The average molecular weight is 323 g/mol. The van der Waals surface area contributed by atoms with Crippen LogP contribution >= 0.6 is 0 Å². The number of aryl methyl sites for hydroxylation is 3. The second kappa shape index (κ2) is 6.35. The Hall–Kier alpha value is -2.82. The maximum atomic E-state index is 10.4. The minimum Gasteiger partial charge on any atom is -0.494 e. The van der Waals surface area contributed by atoms with Crippen LogP contribution in [0.15, 0.2) is 36.4 Å². The molecule has 1 N–H and O–H groups in total. The van der Waals surface area contributed by atoms with Crippen LogP contribution in [0.5, 0.6) is 11.6 Å². The Morgan fingerprint density at radius 1 is 0.958 bits per heavy atom. The molecule has 0 saturated heterocycles. The third-order valence-corrected chi connectivity index (χ3v) is 3.99. The lowest BCUT2D eigenvalue weighted by atomic mass is 10.1. The van der Waals surface area contributed by atoms with Gasteiger partial charge in [-0.15, -0.1) is 0 Å². The van der Waals surface area contributed by atoms with Crippen molar-refractivity contribution in [2.75, 3.05) is 6.61 Å². The molecule has 0 aliphatic heterocycles. The van der Waals surface area contributed by atoms with Gasteiger partial charge in [0.1, 0.15) is 5.75 Å². The first kappa shape index (κ1) is 16.1. The maximum Gasteiger partial charge on any atom is 0.197 e. The molecule has 5 nitrogen and oxygen atoms in total. The zero-order valence-corrected chi connectivity index (χ0v) is 14.4. The van der Waals surface area contributed by atoms with Crippen LogP contribution < -0.4 is 4.74 Å². The first-order valence-electron chi connectivity index (χ1n) is 7.98. The summed E-state index contributed by atoms with van der Waals surface area (Å²) in [6.45, 7) is 8.27. The van der Waals surface area contributed by atoms with Crippen molar-refractivity contribution in [3.8, 4) is 28.7 Å². The molecule has 0 radical (unpaired) electrons. The monoisotopic (exact) mass is 323 g/mol. The molecule has 24 heavy (non-hydrogen) atoms. The predicted octanol–water partition coefficient (Wildman–Crippen LogP) is 3.96. The van der Waals surface area contributed by atoms with Gasteiger partial charge in [-0.2, -0.15) is 0 Å². The van der Waals surface area contributed by atoms with Crippen LogP contribution in [0.3, 0.4) is 0 Å². The molecule has 0 bridgehead atoms. The van der Waals surface area contributed by atoms with E-state index in [1.165, 1.54) is 0 Å². The molecule has 0 spiro atoms. The molecule has 0 fully saturated rings. The molecule has 5 heteroatoms. The van der Waals surface area contributed by atoms with E-state index < -0.39 is 0 Å². The molecule has 124 valence electrons. The van der Waals surface area contributed by atoms with Crippen molar-refractivity contribution in [3.63, 3.8) is 0 Å². The van der Waals surface area contributed by atoms with Gasteiger partial charge in [0.2, 0.25) is 0 Å². The summed E-state index contributed by atoms with van der Waals surface area (Å²) in [7, 11) is 0. The molecule has 0 unspecified atom stereocenters. The van der Waals surface area contributed by atoms with Crippen LogP contribution in [0.1, 0.15) is 24.0 Å².